The summed E-state index contributed by atoms with van der Waals surface area (Å²) in [5.41, 5.74) is 2.03. The summed E-state index contributed by atoms with van der Waals surface area (Å²) in [5.74, 6) is 1.65. The Morgan fingerprint density at radius 1 is 1.44 bits per heavy atom. The van der Waals surface area contributed by atoms with Gasteiger partial charge in [0, 0.05) is 13.6 Å². The number of rotatable bonds is 2. The minimum Gasteiger partial charge on any atom is -0.324 e. The molecule has 7 nitrogen and oxygen atoms in total. The van der Waals surface area contributed by atoms with Gasteiger partial charge in [-0.3, -0.25) is 5.10 Å². The molecule has 3 rings (SSSR count). The topological polar surface area (TPSA) is 74.9 Å². The van der Waals surface area contributed by atoms with Crippen molar-refractivity contribution in [3.05, 3.63) is 11.4 Å². The van der Waals surface area contributed by atoms with Crippen LogP contribution in [-0.2, 0) is 26.7 Å². The van der Waals surface area contributed by atoms with Gasteiger partial charge >= 0.3 is 0 Å². The standard InChI is InChI=1S/C9H14N6O/c1-3-15-7-5-14(16)4-6(7)10-9(15)8-11-13(2)12-8/h16H,3-5H2,1-2H3,(H,11,12). The van der Waals surface area contributed by atoms with Crippen LogP contribution in [0.15, 0.2) is 0 Å². The Bertz CT molecular complexity index is 509. The highest BCUT2D eigenvalue weighted by Gasteiger charge is 2.27. The monoisotopic (exact) mass is 222 g/mol. The molecule has 0 atom stereocenters. The molecule has 0 unspecified atom stereocenters. The Balaban J connectivity index is 2.06. The lowest BCUT2D eigenvalue weighted by molar-refractivity contribution is -0.0985. The van der Waals surface area contributed by atoms with Crippen LogP contribution in [0.25, 0.3) is 11.6 Å². The molecular formula is C9H14N6O. The van der Waals surface area contributed by atoms with Crippen molar-refractivity contribution in [1.82, 2.24) is 29.6 Å². The summed E-state index contributed by atoms with van der Waals surface area (Å²) in [5, 5.41) is 18.0. The molecule has 0 saturated carbocycles. The van der Waals surface area contributed by atoms with E-state index in [2.05, 4.69) is 26.7 Å². The van der Waals surface area contributed by atoms with Crippen molar-refractivity contribution >= 4 is 0 Å². The van der Waals surface area contributed by atoms with Crippen LogP contribution in [0.2, 0.25) is 0 Å². The number of hydroxylamine groups is 2. The number of nitrogens with zero attached hydrogens (tertiary/aromatic N) is 5. The van der Waals surface area contributed by atoms with Crippen LogP contribution in [0.4, 0.5) is 0 Å². The van der Waals surface area contributed by atoms with Crippen molar-refractivity contribution in [2.75, 3.05) is 0 Å². The maximum Gasteiger partial charge on any atom is 0.211 e. The number of H-pyrrole nitrogens is 1. The SMILES string of the molecule is CCn1c(-c2nn(C)[nH]2)nc2c1CN(O)C2. The third-order valence-electron chi connectivity index (χ3n) is 2.87. The van der Waals surface area contributed by atoms with Crippen LogP contribution in [0.3, 0.4) is 0 Å². The fourth-order valence-corrected chi connectivity index (χ4v) is 2.16. The summed E-state index contributed by atoms with van der Waals surface area (Å²) in [6.45, 7) is 3.93. The van der Waals surface area contributed by atoms with E-state index in [-0.39, 0.29) is 0 Å². The number of aromatic nitrogens is 5. The Morgan fingerprint density at radius 2 is 2.19 bits per heavy atom. The molecule has 0 radical (unpaired) electrons. The summed E-state index contributed by atoms with van der Waals surface area (Å²) >= 11 is 0. The van der Waals surface area contributed by atoms with Crippen LogP contribution in [0, 0.1) is 0 Å². The van der Waals surface area contributed by atoms with Gasteiger partial charge in [0.05, 0.1) is 24.5 Å². The zero-order valence-corrected chi connectivity index (χ0v) is 9.30. The molecular weight excluding hydrogens is 208 g/mol. The van der Waals surface area contributed by atoms with Crippen LogP contribution in [-0.4, -0.2) is 34.8 Å². The molecule has 2 N–H and O–H groups in total. The van der Waals surface area contributed by atoms with Gasteiger partial charge in [-0.25, -0.2) is 9.78 Å². The predicted octanol–water partition coefficient (Wildman–Crippen LogP) is 0.336. The summed E-state index contributed by atoms with van der Waals surface area (Å²) in [6.07, 6.45) is 0. The van der Waals surface area contributed by atoms with Crippen LogP contribution >= 0.6 is 0 Å². The van der Waals surface area contributed by atoms with E-state index >= 15 is 0 Å². The van der Waals surface area contributed by atoms with E-state index in [1.807, 2.05) is 7.05 Å². The van der Waals surface area contributed by atoms with Crippen molar-refractivity contribution in [3.63, 3.8) is 0 Å². The van der Waals surface area contributed by atoms with Crippen LogP contribution < -0.4 is 0 Å². The van der Waals surface area contributed by atoms with E-state index in [0.717, 1.165) is 29.6 Å². The van der Waals surface area contributed by atoms with Gasteiger partial charge in [-0.1, -0.05) is 0 Å². The second kappa shape index (κ2) is 3.19. The molecule has 2 aromatic rings. The number of aromatic amines is 1. The molecule has 0 spiro atoms. The normalized spacial score (nSPS) is 15.9. The molecule has 0 aliphatic carbocycles. The van der Waals surface area contributed by atoms with Gasteiger partial charge in [-0.2, -0.15) is 5.06 Å². The molecule has 0 amide bonds. The molecule has 86 valence electrons. The summed E-state index contributed by atoms with van der Waals surface area (Å²) in [6, 6.07) is 0. The zero-order valence-electron chi connectivity index (χ0n) is 9.30. The molecule has 1 aliphatic rings. The van der Waals surface area contributed by atoms with E-state index in [4.69, 9.17) is 0 Å². The van der Waals surface area contributed by atoms with Crippen LogP contribution in [0.5, 0.6) is 0 Å². The third-order valence-corrected chi connectivity index (χ3v) is 2.87. The van der Waals surface area contributed by atoms with E-state index in [1.165, 1.54) is 5.06 Å². The van der Waals surface area contributed by atoms with Gasteiger partial charge in [-0.05, 0) is 6.92 Å². The molecule has 0 saturated heterocycles. The van der Waals surface area contributed by atoms with Gasteiger partial charge in [0.15, 0.2) is 5.82 Å². The third kappa shape index (κ3) is 1.22. The lowest BCUT2D eigenvalue weighted by atomic mass is 10.4. The number of imidazole rings is 1. The second-order valence-corrected chi connectivity index (χ2v) is 3.98. The Labute approximate surface area is 92.2 Å². The van der Waals surface area contributed by atoms with Gasteiger partial charge in [0.25, 0.3) is 0 Å². The van der Waals surface area contributed by atoms with Crippen molar-refractivity contribution < 1.29 is 5.21 Å². The molecule has 0 bridgehead atoms. The average molecular weight is 222 g/mol. The van der Waals surface area contributed by atoms with E-state index in [1.54, 1.807) is 4.80 Å². The minimum absolute atomic E-state index is 0.498. The maximum absolute atomic E-state index is 9.43. The Kier molecular flexibility index (Phi) is 1.92. The Morgan fingerprint density at radius 3 is 2.81 bits per heavy atom. The first-order chi connectivity index (χ1) is 7.69. The van der Waals surface area contributed by atoms with E-state index in [0.29, 0.717) is 13.1 Å². The van der Waals surface area contributed by atoms with Crippen LogP contribution in [0.1, 0.15) is 18.3 Å². The highest BCUT2D eigenvalue weighted by molar-refractivity contribution is 5.46. The van der Waals surface area contributed by atoms with Gasteiger partial charge < -0.3 is 9.77 Å². The first-order valence-corrected chi connectivity index (χ1v) is 5.30. The summed E-state index contributed by atoms with van der Waals surface area (Å²) < 4.78 is 2.09. The van der Waals surface area contributed by atoms with Gasteiger partial charge in [-0.15, -0.1) is 5.10 Å². The number of hydrogen-bond acceptors (Lipinski definition) is 4. The van der Waals surface area contributed by atoms with Crippen molar-refractivity contribution in [2.45, 2.75) is 26.6 Å². The molecule has 2 aromatic heterocycles. The molecule has 1 aliphatic heterocycles. The molecule has 0 fully saturated rings. The lowest BCUT2D eigenvalue weighted by Gasteiger charge is -2.12. The minimum atomic E-state index is 0.498. The second-order valence-electron chi connectivity index (χ2n) is 3.98. The predicted molar refractivity (Wildman–Crippen MR) is 55.5 cm³/mol. The Hall–Kier alpha value is -1.60. The van der Waals surface area contributed by atoms with Gasteiger partial charge in [0.2, 0.25) is 5.82 Å². The number of fused-ring (bicyclic) bond motifs is 1. The van der Waals surface area contributed by atoms with E-state index < -0.39 is 0 Å². The number of nitrogens with one attached hydrogen (secondary N) is 1. The maximum atomic E-state index is 9.43. The highest BCUT2D eigenvalue weighted by atomic mass is 16.5. The largest absolute Gasteiger partial charge is 0.324 e. The first-order valence-electron chi connectivity index (χ1n) is 5.30. The average Bonchev–Trinajstić information content (AvgIpc) is 2.68. The fourth-order valence-electron chi connectivity index (χ4n) is 2.16. The molecule has 16 heavy (non-hydrogen) atoms. The summed E-state index contributed by atoms with van der Waals surface area (Å²) in [7, 11) is 1.84. The first kappa shape index (κ1) is 9.61. The smallest absolute Gasteiger partial charge is 0.211 e. The zero-order chi connectivity index (χ0) is 11.3. The van der Waals surface area contributed by atoms with Crippen molar-refractivity contribution in [1.29, 1.82) is 0 Å². The number of hydrogen-bond donors (Lipinski definition) is 2. The van der Waals surface area contributed by atoms with Gasteiger partial charge in [0.1, 0.15) is 0 Å². The van der Waals surface area contributed by atoms with Crippen molar-refractivity contribution in [3.8, 4) is 11.6 Å². The molecule has 3 heterocycles. The van der Waals surface area contributed by atoms with E-state index in [9.17, 15) is 5.21 Å². The molecule has 0 aromatic carbocycles. The number of aryl methyl sites for hydroxylation is 1. The van der Waals surface area contributed by atoms with Crippen molar-refractivity contribution in [2.24, 2.45) is 7.05 Å². The highest BCUT2D eigenvalue weighted by Crippen LogP contribution is 2.26. The summed E-state index contributed by atoms with van der Waals surface area (Å²) in [4.78, 5) is 6.16. The quantitative estimate of drug-likeness (QED) is 0.768. The fraction of sp³-hybridized carbons (Fsp3) is 0.556. The lowest BCUT2D eigenvalue weighted by Crippen LogP contribution is -2.17. The molecule has 7 heteroatoms.